The Bertz CT molecular complexity index is 496. The molecule has 0 amide bonds. The molecule has 6 heteroatoms. The zero-order valence-corrected chi connectivity index (χ0v) is 12.4. The molecular formula is C12H13IO5. The summed E-state index contributed by atoms with van der Waals surface area (Å²) < 4.78 is 15.6. The zero-order valence-electron chi connectivity index (χ0n) is 10.2. The van der Waals surface area contributed by atoms with E-state index in [0.29, 0.717) is 3.57 Å². The maximum absolute atomic E-state index is 11.5. The summed E-state index contributed by atoms with van der Waals surface area (Å²) in [5.41, 5.74) is 0.263. The van der Waals surface area contributed by atoms with Gasteiger partial charge in [-0.1, -0.05) is 6.58 Å². The number of benzene rings is 1. The Labute approximate surface area is 118 Å². The lowest BCUT2D eigenvalue weighted by Crippen LogP contribution is -2.09. The predicted octanol–water partition coefficient (Wildman–Crippen LogP) is 2.50. The van der Waals surface area contributed by atoms with Crippen molar-refractivity contribution >= 4 is 28.6 Å². The third-order valence-corrected chi connectivity index (χ3v) is 3.10. The minimum atomic E-state index is -0.572. The number of esters is 1. The molecule has 0 fully saturated rings. The van der Waals surface area contributed by atoms with E-state index in [1.165, 1.54) is 27.2 Å². The van der Waals surface area contributed by atoms with Gasteiger partial charge in [0, 0.05) is 11.6 Å². The highest BCUT2D eigenvalue weighted by atomic mass is 127. The maximum atomic E-state index is 11.5. The van der Waals surface area contributed by atoms with E-state index in [-0.39, 0.29) is 28.6 Å². The standard InChI is InChI=1S/C12H13IO5/c1-6(2)12(15)18-8-5-7(16-3)10(14)9(13)11(8)17-4/h5,14H,1H2,2-4H3. The third-order valence-electron chi connectivity index (χ3n) is 2.10. The normalized spacial score (nSPS) is 9.78. The highest BCUT2D eigenvalue weighted by molar-refractivity contribution is 14.1. The van der Waals surface area contributed by atoms with Crippen molar-refractivity contribution in [2.45, 2.75) is 6.92 Å². The van der Waals surface area contributed by atoms with Crippen molar-refractivity contribution in [3.8, 4) is 23.0 Å². The maximum Gasteiger partial charge on any atom is 0.338 e. The van der Waals surface area contributed by atoms with E-state index in [9.17, 15) is 9.90 Å². The number of ether oxygens (including phenoxy) is 3. The Morgan fingerprint density at radius 2 is 1.94 bits per heavy atom. The number of carbonyl (C=O) groups excluding carboxylic acids is 1. The summed E-state index contributed by atoms with van der Waals surface area (Å²) in [5.74, 6) is -0.000294. The van der Waals surface area contributed by atoms with Crippen LogP contribution < -0.4 is 14.2 Å². The van der Waals surface area contributed by atoms with E-state index >= 15 is 0 Å². The summed E-state index contributed by atoms with van der Waals surface area (Å²) in [6.07, 6.45) is 0. The quantitative estimate of drug-likeness (QED) is 0.385. The molecule has 0 aliphatic heterocycles. The first-order valence-electron chi connectivity index (χ1n) is 4.93. The van der Waals surface area contributed by atoms with Crippen molar-refractivity contribution < 1.29 is 24.1 Å². The summed E-state index contributed by atoms with van der Waals surface area (Å²) in [7, 11) is 2.82. The molecule has 0 atom stereocenters. The molecular weight excluding hydrogens is 351 g/mol. The number of methoxy groups -OCH3 is 2. The first kappa shape index (κ1) is 14.6. The van der Waals surface area contributed by atoms with Gasteiger partial charge in [-0.3, -0.25) is 0 Å². The van der Waals surface area contributed by atoms with Crippen molar-refractivity contribution in [1.82, 2.24) is 0 Å². The SMILES string of the molecule is C=C(C)C(=O)Oc1cc(OC)c(O)c(I)c1OC. The van der Waals surface area contributed by atoms with Gasteiger partial charge in [0.1, 0.15) is 3.57 Å². The van der Waals surface area contributed by atoms with Crippen LogP contribution in [0.25, 0.3) is 0 Å². The van der Waals surface area contributed by atoms with Crippen LogP contribution in [0.2, 0.25) is 0 Å². The highest BCUT2D eigenvalue weighted by Gasteiger charge is 2.20. The Morgan fingerprint density at radius 1 is 1.33 bits per heavy atom. The monoisotopic (exact) mass is 364 g/mol. The van der Waals surface area contributed by atoms with Crippen molar-refractivity contribution in [3.05, 3.63) is 21.8 Å². The molecule has 0 unspecified atom stereocenters. The van der Waals surface area contributed by atoms with Gasteiger partial charge in [-0.2, -0.15) is 0 Å². The Hall–Kier alpha value is -1.44. The summed E-state index contributed by atoms with van der Waals surface area (Å²) in [5, 5.41) is 9.81. The second-order valence-corrected chi connectivity index (χ2v) is 4.52. The average Bonchev–Trinajstić information content (AvgIpc) is 2.33. The van der Waals surface area contributed by atoms with E-state index in [0.717, 1.165) is 0 Å². The van der Waals surface area contributed by atoms with E-state index in [1.54, 1.807) is 0 Å². The topological polar surface area (TPSA) is 65.0 Å². The fraction of sp³-hybridized carbons (Fsp3) is 0.250. The number of phenols is 1. The van der Waals surface area contributed by atoms with Crippen LogP contribution >= 0.6 is 22.6 Å². The molecule has 0 spiro atoms. The predicted molar refractivity (Wildman–Crippen MR) is 74.4 cm³/mol. The number of carbonyl (C=O) groups is 1. The molecule has 18 heavy (non-hydrogen) atoms. The van der Waals surface area contributed by atoms with Crippen LogP contribution in [0.4, 0.5) is 0 Å². The number of phenolic OH excluding ortho intramolecular Hbond substituents is 1. The van der Waals surface area contributed by atoms with Gasteiger partial charge in [-0.25, -0.2) is 4.79 Å². The summed E-state index contributed by atoms with van der Waals surface area (Å²) in [6, 6.07) is 1.39. The van der Waals surface area contributed by atoms with Gasteiger partial charge >= 0.3 is 5.97 Å². The van der Waals surface area contributed by atoms with Crippen molar-refractivity contribution in [2.24, 2.45) is 0 Å². The van der Waals surface area contributed by atoms with Gasteiger partial charge in [0.2, 0.25) is 0 Å². The molecule has 0 bridgehead atoms. The molecule has 1 N–H and O–H groups in total. The van der Waals surface area contributed by atoms with Gasteiger partial charge in [0.25, 0.3) is 0 Å². The largest absolute Gasteiger partial charge is 0.503 e. The van der Waals surface area contributed by atoms with E-state index < -0.39 is 5.97 Å². The lowest BCUT2D eigenvalue weighted by Gasteiger charge is -2.14. The van der Waals surface area contributed by atoms with E-state index in [2.05, 4.69) is 6.58 Å². The first-order chi connectivity index (χ1) is 8.42. The highest BCUT2D eigenvalue weighted by Crippen LogP contribution is 2.44. The van der Waals surface area contributed by atoms with Crippen LogP contribution in [0.3, 0.4) is 0 Å². The van der Waals surface area contributed by atoms with Crippen molar-refractivity contribution in [2.75, 3.05) is 14.2 Å². The second kappa shape index (κ2) is 5.94. The molecule has 5 nitrogen and oxygen atoms in total. The van der Waals surface area contributed by atoms with Gasteiger partial charge < -0.3 is 19.3 Å². The number of hydrogen-bond donors (Lipinski definition) is 1. The van der Waals surface area contributed by atoms with Crippen LogP contribution in [0.5, 0.6) is 23.0 Å². The zero-order chi connectivity index (χ0) is 13.9. The van der Waals surface area contributed by atoms with Crippen LogP contribution in [0.15, 0.2) is 18.2 Å². The van der Waals surface area contributed by atoms with Crippen molar-refractivity contribution in [3.63, 3.8) is 0 Å². The first-order valence-corrected chi connectivity index (χ1v) is 6.01. The van der Waals surface area contributed by atoms with Crippen LogP contribution in [-0.2, 0) is 4.79 Å². The van der Waals surface area contributed by atoms with Crippen molar-refractivity contribution in [1.29, 1.82) is 0 Å². The molecule has 98 valence electrons. The lowest BCUT2D eigenvalue weighted by molar-refractivity contribution is -0.130. The van der Waals surface area contributed by atoms with Gasteiger partial charge in [-0.15, -0.1) is 0 Å². The molecule has 0 aliphatic rings. The summed E-state index contributed by atoms with van der Waals surface area (Å²) in [4.78, 5) is 11.5. The lowest BCUT2D eigenvalue weighted by atomic mass is 10.2. The molecule has 0 saturated carbocycles. The number of hydrogen-bond acceptors (Lipinski definition) is 5. The minimum absolute atomic E-state index is 0.0647. The molecule has 0 aliphatic carbocycles. The van der Waals surface area contributed by atoms with E-state index in [4.69, 9.17) is 14.2 Å². The fourth-order valence-corrected chi connectivity index (χ4v) is 1.94. The molecule has 0 aromatic heterocycles. The third kappa shape index (κ3) is 2.87. The van der Waals surface area contributed by atoms with Gasteiger partial charge in [0.05, 0.1) is 14.2 Å². The Balaban J connectivity index is 3.29. The van der Waals surface area contributed by atoms with E-state index in [1.807, 2.05) is 22.6 Å². The Kier molecular flexibility index (Phi) is 4.83. The van der Waals surface area contributed by atoms with Gasteiger partial charge in [0.15, 0.2) is 23.0 Å². The van der Waals surface area contributed by atoms with Crippen LogP contribution in [0, 0.1) is 3.57 Å². The summed E-state index contributed by atoms with van der Waals surface area (Å²) >= 11 is 1.87. The molecule has 0 radical (unpaired) electrons. The fourth-order valence-electron chi connectivity index (χ4n) is 1.19. The molecule has 1 rings (SSSR count). The molecule has 0 saturated heterocycles. The van der Waals surface area contributed by atoms with Crippen LogP contribution in [-0.4, -0.2) is 25.3 Å². The number of halogens is 1. The number of aromatic hydroxyl groups is 1. The summed E-state index contributed by atoms with van der Waals surface area (Å²) in [6.45, 7) is 5.03. The minimum Gasteiger partial charge on any atom is -0.503 e. The second-order valence-electron chi connectivity index (χ2n) is 3.44. The number of rotatable bonds is 4. The molecule has 0 heterocycles. The molecule has 1 aromatic rings. The Morgan fingerprint density at radius 3 is 2.39 bits per heavy atom. The molecule has 1 aromatic carbocycles. The van der Waals surface area contributed by atoms with Crippen LogP contribution in [0.1, 0.15) is 6.92 Å². The van der Waals surface area contributed by atoms with Gasteiger partial charge in [-0.05, 0) is 29.5 Å². The smallest absolute Gasteiger partial charge is 0.338 e. The average molecular weight is 364 g/mol.